The van der Waals surface area contributed by atoms with Gasteiger partial charge < -0.3 is 15.0 Å². The third kappa shape index (κ3) is 4.48. The number of rotatable bonds is 8. The molecule has 2 rings (SSSR count). The molecule has 25 heavy (non-hydrogen) atoms. The molecule has 1 aromatic carbocycles. The number of ether oxygens (including phenoxy) is 1. The Morgan fingerprint density at radius 1 is 1.28 bits per heavy atom. The highest BCUT2D eigenvalue weighted by molar-refractivity contribution is 6.05. The van der Waals surface area contributed by atoms with E-state index in [2.05, 4.69) is 49.1 Å². The summed E-state index contributed by atoms with van der Waals surface area (Å²) < 4.78 is 5.21. The largest absolute Gasteiger partial charge is 0.462 e. The Labute approximate surface area is 150 Å². The fourth-order valence-electron chi connectivity index (χ4n) is 2.78. The number of benzene rings is 1. The van der Waals surface area contributed by atoms with Crippen molar-refractivity contribution in [2.24, 2.45) is 0 Å². The van der Waals surface area contributed by atoms with E-state index in [-0.39, 0.29) is 5.97 Å². The van der Waals surface area contributed by atoms with Crippen LogP contribution in [0.25, 0.3) is 10.9 Å². The lowest BCUT2D eigenvalue weighted by Crippen LogP contribution is -2.21. The van der Waals surface area contributed by atoms with Crippen molar-refractivity contribution in [3.8, 4) is 0 Å². The molecule has 1 aromatic heterocycles. The van der Waals surface area contributed by atoms with Gasteiger partial charge in [0.25, 0.3) is 0 Å². The molecule has 0 aliphatic rings. The summed E-state index contributed by atoms with van der Waals surface area (Å²) in [5.41, 5.74) is 4.59. The molecule has 2 aromatic rings. The first-order valence-electron chi connectivity index (χ1n) is 8.98. The number of hydrogen-bond acceptors (Lipinski definition) is 5. The number of aryl methyl sites for hydroxylation is 2. The van der Waals surface area contributed by atoms with Gasteiger partial charge in [0.2, 0.25) is 0 Å². The fourth-order valence-corrected chi connectivity index (χ4v) is 2.78. The predicted molar refractivity (Wildman–Crippen MR) is 103 cm³/mol. The van der Waals surface area contributed by atoms with Gasteiger partial charge in [-0.1, -0.05) is 19.1 Å². The van der Waals surface area contributed by atoms with E-state index in [1.165, 1.54) is 5.56 Å². The van der Waals surface area contributed by atoms with Crippen molar-refractivity contribution in [2.75, 3.05) is 38.6 Å². The maximum absolute atomic E-state index is 12.3. The predicted octanol–water partition coefficient (Wildman–Crippen LogP) is 3.78. The van der Waals surface area contributed by atoms with Crippen LogP contribution in [-0.4, -0.2) is 49.1 Å². The van der Waals surface area contributed by atoms with Gasteiger partial charge >= 0.3 is 5.97 Å². The molecule has 5 heteroatoms. The third-order valence-electron chi connectivity index (χ3n) is 4.62. The smallest absolute Gasteiger partial charge is 0.341 e. The minimum Gasteiger partial charge on any atom is -0.462 e. The molecule has 0 fully saturated rings. The first kappa shape index (κ1) is 19.2. The van der Waals surface area contributed by atoms with Gasteiger partial charge in [-0.25, -0.2) is 4.79 Å². The monoisotopic (exact) mass is 343 g/mol. The minimum atomic E-state index is -0.330. The highest BCUT2D eigenvalue weighted by Crippen LogP contribution is 2.29. The summed E-state index contributed by atoms with van der Waals surface area (Å²) >= 11 is 0. The molecule has 0 atom stereocenters. The van der Waals surface area contributed by atoms with Crippen molar-refractivity contribution in [2.45, 2.75) is 34.1 Å². The van der Waals surface area contributed by atoms with Crippen molar-refractivity contribution in [1.82, 2.24) is 9.88 Å². The van der Waals surface area contributed by atoms with Gasteiger partial charge in [0.05, 0.1) is 17.8 Å². The lowest BCUT2D eigenvalue weighted by atomic mass is 10.0. The highest BCUT2D eigenvalue weighted by Gasteiger charge is 2.17. The van der Waals surface area contributed by atoms with Gasteiger partial charge in [-0.3, -0.25) is 4.98 Å². The molecular formula is C20H29N3O2. The van der Waals surface area contributed by atoms with Crippen molar-refractivity contribution >= 4 is 22.6 Å². The number of carbonyl (C=O) groups is 1. The SMILES string of the molecule is CCOC(=O)c1cnc2c(C)c(C)ccc2c1NCCCN(C)CC. The Balaban J connectivity index is 2.36. The standard InChI is InChI=1S/C20H29N3O2/c1-6-23(5)12-8-11-21-19-16-10-9-14(3)15(4)18(16)22-13-17(19)20(24)25-7-2/h9-10,13H,6-8,11-12H2,1-5H3,(H,21,22). The van der Waals surface area contributed by atoms with E-state index in [4.69, 9.17) is 4.74 Å². The number of nitrogens with one attached hydrogen (secondary N) is 1. The lowest BCUT2D eigenvalue weighted by molar-refractivity contribution is 0.0527. The highest BCUT2D eigenvalue weighted by atomic mass is 16.5. The topological polar surface area (TPSA) is 54.5 Å². The zero-order valence-electron chi connectivity index (χ0n) is 16.0. The molecule has 0 saturated carbocycles. The summed E-state index contributed by atoms with van der Waals surface area (Å²) in [6.45, 7) is 11.3. The van der Waals surface area contributed by atoms with E-state index in [1.54, 1.807) is 6.20 Å². The zero-order chi connectivity index (χ0) is 18.4. The molecule has 1 N–H and O–H groups in total. The van der Waals surface area contributed by atoms with Gasteiger partial charge in [-0.05, 0) is 58.5 Å². The van der Waals surface area contributed by atoms with Crippen LogP contribution >= 0.6 is 0 Å². The summed E-state index contributed by atoms with van der Waals surface area (Å²) in [6.07, 6.45) is 2.63. The summed E-state index contributed by atoms with van der Waals surface area (Å²) in [5, 5.41) is 4.42. The summed E-state index contributed by atoms with van der Waals surface area (Å²) in [4.78, 5) is 19.1. The molecule has 0 spiro atoms. The molecule has 0 aliphatic heterocycles. The summed E-state index contributed by atoms with van der Waals surface area (Å²) in [5.74, 6) is -0.330. The van der Waals surface area contributed by atoms with Crippen LogP contribution in [0.3, 0.4) is 0 Å². The maximum atomic E-state index is 12.3. The number of esters is 1. The second-order valence-corrected chi connectivity index (χ2v) is 6.35. The van der Waals surface area contributed by atoms with Crippen molar-refractivity contribution in [3.05, 3.63) is 35.0 Å². The van der Waals surface area contributed by atoms with Crippen LogP contribution in [0.2, 0.25) is 0 Å². The first-order valence-corrected chi connectivity index (χ1v) is 8.98. The van der Waals surface area contributed by atoms with Gasteiger partial charge in [0.15, 0.2) is 0 Å². The van der Waals surface area contributed by atoms with Gasteiger partial charge in [0, 0.05) is 18.1 Å². The number of pyridine rings is 1. The van der Waals surface area contributed by atoms with Crippen LogP contribution in [0.5, 0.6) is 0 Å². The van der Waals surface area contributed by atoms with E-state index in [0.717, 1.165) is 48.2 Å². The van der Waals surface area contributed by atoms with E-state index in [1.807, 2.05) is 13.0 Å². The normalized spacial score (nSPS) is 11.1. The van der Waals surface area contributed by atoms with Crippen LogP contribution in [0, 0.1) is 13.8 Å². The molecule has 0 radical (unpaired) electrons. The summed E-state index contributed by atoms with van der Waals surface area (Å²) in [6, 6.07) is 4.11. The van der Waals surface area contributed by atoms with E-state index in [9.17, 15) is 4.79 Å². The number of nitrogens with zero attached hydrogens (tertiary/aromatic N) is 2. The van der Waals surface area contributed by atoms with E-state index in [0.29, 0.717) is 12.2 Å². The molecule has 0 saturated heterocycles. The molecule has 0 aliphatic carbocycles. The van der Waals surface area contributed by atoms with Crippen LogP contribution in [0.15, 0.2) is 18.3 Å². The molecule has 1 heterocycles. The number of carbonyl (C=O) groups excluding carboxylic acids is 1. The number of aromatic nitrogens is 1. The molecule has 0 unspecified atom stereocenters. The zero-order valence-corrected chi connectivity index (χ0v) is 16.0. The second-order valence-electron chi connectivity index (χ2n) is 6.35. The molecular weight excluding hydrogens is 314 g/mol. The van der Waals surface area contributed by atoms with Crippen molar-refractivity contribution in [3.63, 3.8) is 0 Å². The van der Waals surface area contributed by atoms with Crippen LogP contribution < -0.4 is 5.32 Å². The fraction of sp³-hybridized carbons (Fsp3) is 0.500. The van der Waals surface area contributed by atoms with Crippen molar-refractivity contribution in [1.29, 1.82) is 0 Å². The second kappa shape index (κ2) is 8.81. The number of hydrogen-bond donors (Lipinski definition) is 1. The molecule has 136 valence electrons. The average molecular weight is 343 g/mol. The quantitative estimate of drug-likeness (QED) is 0.584. The molecule has 0 amide bonds. The Kier molecular flexibility index (Phi) is 6.76. The average Bonchev–Trinajstić information content (AvgIpc) is 2.61. The van der Waals surface area contributed by atoms with Crippen LogP contribution in [-0.2, 0) is 4.74 Å². The molecule has 5 nitrogen and oxygen atoms in total. The first-order chi connectivity index (χ1) is 12.0. The number of anilines is 1. The van der Waals surface area contributed by atoms with Crippen molar-refractivity contribution < 1.29 is 9.53 Å². The van der Waals surface area contributed by atoms with Crippen LogP contribution in [0.1, 0.15) is 41.8 Å². The summed E-state index contributed by atoms with van der Waals surface area (Å²) in [7, 11) is 2.11. The Morgan fingerprint density at radius 3 is 2.72 bits per heavy atom. The van der Waals surface area contributed by atoms with Gasteiger partial charge in [-0.2, -0.15) is 0 Å². The Morgan fingerprint density at radius 2 is 2.04 bits per heavy atom. The van der Waals surface area contributed by atoms with Gasteiger partial charge in [0.1, 0.15) is 5.56 Å². The Bertz CT molecular complexity index is 743. The van der Waals surface area contributed by atoms with E-state index >= 15 is 0 Å². The Hall–Kier alpha value is -2.14. The minimum absolute atomic E-state index is 0.330. The van der Waals surface area contributed by atoms with E-state index < -0.39 is 0 Å². The van der Waals surface area contributed by atoms with Crippen LogP contribution in [0.4, 0.5) is 5.69 Å². The maximum Gasteiger partial charge on any atom is 0.341 e. The number of fused-ring (bicyclic) bond motifs is 1. The lowest BCUT2D eigenvalue weighted by Gasteiger charge is -2.17. The van der Waals surface area contributed by atoms with Gasteiger partial charge in [-0.15, -0.1) is 0 Å². The molecule has 0 bridgehead atoms. The third-order valence-corrected chi connectivity index (χ3v) is 4.62.